The van der Waals surface area contributed by atoms with E-state index in [9.17, 15) is 0 Å². The molecule has 3 aromatic rings. The third-order valence-corrected chi connectivity index (χ3v) is 4.62. The number of piperidine rings is 1. The quantitative estimate of drug-likeness (QED) is 0.702. The highest BCUT2D eigenvalue weighted by Crippen LogP contribution is 2.29. The Morgan fingerprint density at radius 3 is 2.69 bits per heavy atom. The minimum atomic E-state index is 0.204. The second-order valence-electron chi connectivity index (χ2n) is 6.61. The molecule has 134 valence electrons. The van der Waals surface area contributed by atoms with Crippen molar-refractivity contribution in [3.8, 4) is 17.0 Å². The van der Waals surface area contributed by atoms with E-state index in [0.29, 0.717) is 0 Å². The first kappa shape index (κ1) is 16.7. The van der Waals surface area contributed by atoms with Gasteiger partial charge in [0.25, 0.3) is 0 Å². The molecule has 0 amide bonds. The van der Waals surface area contributed by atoms with Crippen LogP contribution in [0.3, 0.4) is 0 Å². The fraction of sp³-hybridized carbons (Fsp3) is 0.350. The smallest absolute Gasteiger partial charge is 0.145 e. The molecule has 1 fully saturated rings. The lowest BCUT2D eigenvalue weighted by molar-refractivity contribution is 0.0957. The van der Waals surface area contributed by atoms with Crippen molar-refractivity contribution in [1.82, 2.24) is 20.0 Å². The van der Waals surface area contributed by atoms with Gasteiger partial charge < -0.3 is 9.26 Å². The molecule has 1 saturated heterocycles. The average molecular weight is 350 g/mol. The largest absolute Gasteiger partial charge is 0.488 e. The molecule has 6 nitrogen and oxygen atoms in total. The van der Waals surface area contributed by atoms with Crippen molar-refractivity contribution in [2.24, 2.45) is 0 Å². The van der Waals surface area contributed by atoms with Crippen LogP contribution in [0, 0.1) is 6.92 Å². The molecule has 0 spiro atoms. The van der Waals surface area contributed by atoms with E-state index in [1.807, 2.05) is 37.3 Å². The Kier molecular flexibility index (Phi) is 4.93. The van der Waals surface area contributed by atoms with Gasteiger partial charge in [-0.05, 0) is 44.0 Å². The number of nitrogens with zero attached hydrogens (tertiary/aromatic N) is 4. The molecule has 0 aromatic carbocycles. The maximum Gasteiger partial charge on any atom is 0.145 e. The maximum absolute atomic E-state index is 6.30. The summed E-state index contributed by atoms with van der Waals surface area (Å²) < 4.78 is 11.4. The molecular weight excluding hydrogens is 328 g/mol. The molecule has 26 heavy (non-hydrogen) atoms. The molecule has 0 aliphatic carbocycles. The molecular formula is C20H22N4O2. The van der Waals surface area contributed by atoms with E-state index in [1.54, 1.807) is 18.6 Å². The van der Waals surface area contributed by atoms with E-state index < -0.39 is 0 Å². The van der Waals surface area contributed by atoms with E-state index in [1.165, 1.54) is 0 Å². The van der Waals surface area contributed by atoms with Crippen molar-refractivity contribution in [2.45, 2.75) is 32.4 Å². The van der Waals surface area contributed by atoms with Crippen molar-refractivity contribution in [1.29, 1.82) is 0 Å². The average Bonchev–Trinajstić information content (AvgIpc) is 3.09. The Morgan fingerprint density at radius 2 is 1.96 bits per heavy atom. The van der Waals surface area contributed by atoms with Crippen LogP contribution in [0.25, 0.3) is 11.3 Å². The fourth-order valence-corrected chi connectivity index (χ4v) is 3.30. The number of hydrogen-bond donors (Lipinski definition) is 0. The standard InChI is InChI=1S/C20H22N4O2/c1-15-13-17(23-26-15)14-24-11-6-18(7-12-24)25-19-3-2-8-22-20(19)16-4-9-21-10-5-16/h2-5,8-10,13,18H,6-7,11-12,14H2,1H3. The lowest BCUT2D eigenvalue weighted by Gasteiger charge is -2.31. The predicted octanol–water partition coefficient (Wildman–Crippen LogP) is 3.48. The van der Waals surface area contributed by atoms with Crippen molar-refractivity contribution in [3.05, 3.63) is 60.4 Å². The number of ether oxygens (including phenoxy) is 1. The number of aromatic nitrogens is 3. The number of likely N-dealkylation sites (tertiary alicyclic amines) is 1. The Balaban J connectivity index is 1.38. The van der Waals surface area contributed by atoms with Gasteiger partial charge in [0, 0.05) is 49.9 Å². The van der Waals surface area contributed by atoms with Crippen molar-refractivity contribution < 1.29 is 9.26 Å². The van der Waals surface area contributed by atoms with Gasteiger partial charge in [-0.2, -0.15) is 0 Å². The molecule has 0 N–H and O–H groups in total. The van der Waals surface area contributed by atoms with Crippen LogP contribution in [0.15, 0.2) is 53.4 Å². The van der Waals surface area contributed by atoms with Crippen LogP contribution in [0.1, 0.15) is 24.3 Å². The number of hydrogen-bond acceptors (Lipinski definition) is 6. The van der Waals surface area contributed by atoms with Gasteiger partial charge in [-0.25, -0.2) is 0 Å². The van der Waals surface area contributed by atoms with Crippen LogP contribution < -0.4 is 4.74 Å². The molecule has 4 heterocycles. The third kappa shape index (κ3) is 3.91. The van der Waals surface area contributed by atoms with Crippen LogP contribution in [0.2, 0.25) is 0 Å². The highest BCUT2D eigenvalue weighted by molar-refractivity contribution is 5.65. The van der Waals surface area contributed by atoms with E-state index >= 15 is 0 Å². The van der Waals surface area contributed by atoms with Gasteiger partial charge in [0.1, 0.15) is 23.3 Å². The zero-order valence-electron chi connectivity index (χ0n) is 14.8. The Morgan fingerprint density at radius 1 is 1.15 bits per heavy atom. The molecule has 0 unspecified atom stereocenters. The van der Waals surface area contributed by atoms with Crippen molar-refractivity contribution >= 4 is 0 Å². The molecule has 0 saturated carbocycles. The summed E-state index contributed by atoms with van der Waals surface area (Å²) in [7, 11) is 0. The lowest BCUT2D eigenvalue weighted by Crippen LogP contribution is -2.37. The lowest BCUT2D eigenvalue weighted by atomic mass is 10.1. The first-order chi connectivity index (χ1) is 12.8. The molecule has 0 radical (unpaired) electrons. The van der Waals surface area contributed by atoms with Gasteiger partial charge in [-0.1, -0.05) is 5.16 Å². The predicted molar refractivity (Wildman–Crippen MR) is 97.6 cm³/mol. The highest BCUT2D eigenvalue weighted by atomic mass is 16.5. The Hall–Kier alpha value is -2.73. The molecule has 6 heteroatoms. The molecule has 4 rings (SSSR count). The molecule has 1 aliphatic rings. The summed E-state index contributed by atoms with van der Waals surface area (Å²) >= 11 is 0. The van der Waals surface area contributed by atoms with Crippen LogP contribution >= 0.6 is 0 Å². The second kappa shape index (κ2) is 7.66. The first-order valence-electron chi connectivity index (χ1n) is 8.94. The molecule has 0 bridgehead atoms. The summed E-state index contributed by atoms with van der Waals surface area (Å²) in [6.07, 6.45) is 7.53. The summed E-state index contributed by atoms with van der Waals surface area (Å²) in [6.45, 7) is 4.73. The maximum atomic E-state index is 6.30. The highest BCUT2D eigenvalue weighted by Gasteiger charge is 2.22. The van der Waals surface area contributed by atoms with Crippen LogP contribution in [-0.2, 0) is 6.54 Å². The van der Waals surface area contributed by atoms with E-state index in [4.69, 9.17) is 9.26 Å². The fourth-order valence-electron chi connectivity index (χ4n) is 3.30. The SMILES string of the molecule is Cc1cc(CN2CCC(Oc3cccnc3-c3ccncc3)CC2)no1. The van der Waals surface area contributed by atoms with Gasteiger partial charge in [0.15, 0.2) is 0 Å². The van der Waals surface area contributed by atoms with Gasteiger partial charge in [0.2, 0.25) is 0 Å². The first-order valence-corrected chi connectivity index (χ1v) is 8.94. The van der Waals surface area contributed by atoms with Crippen LogP contribution in [0.4, 0.5) is 0 Å². The van der Waals surface area contributed by atoms with Crippen LogP contribution in [0.5, 0.6) is 5.75 Å². The van der Waals surface area contributed by atoms with Gasteiger partial charge in [-0.3, -0.25) is 14.9 Å². The van der Waals surface area contributed by atoms with Gasteiger partial charge >= 0.3 is 0 Å². The summed E-state index contributed by atoms with van der Waals surface area (Å²) in [4.78, 5) is 11.0. The molecule has 3 aromatic heterocycles. The van der Waals surface area contributed by atoms with Crippen LogP contribution in [-0.4, -0.2) is 39.2 Å². The second-order valence-corrected chi connectivity index (χ2v) is 6.61. The summed E-state index contributed by atoms with van der Waals surface area (Å²) in [5.41, 5.74) is 2.89. The number of pyridine rings is 2. The zero-order chi connectivity index (χ0) is 17.8. The molecule has 1 aliphatic heterocycles. The van der Waals surface area contributed by atoms with Crippen molar-refractivity contribution in [3.63, 3.8) is 0 Å². The molecule has 0 atom stereocenters. The topological polar surface area (TPSA) is 64.3 Å². The Bertz CT molecular complexity index is 842. The van der Waals surface area contributed by atoms with E-state index in [0.717, 1.165) is 60.9 Å². The normalized spacial score (nSPS) is 15.9. The van der Waals surface area contributed by atoms with Crippen molar-refractivity contribution in [2.75, 3.05) is 13.1 Å². The van der Waals surface area contributed by atoms with E-state index in [-0.39, 0.29) is 6.10 Å². The Labute approximate surface area is 152 Å². The summed E-state index contributed by atoms with van der Waals surface area (Å²) in [5.74, 6) is 1.70. The van der Waals surface area contributed by atoms with E-state index in [2.05, 4.69) is 20.0 Å². The zero-order valence-corrected chi connectivity index (χ0v) is 14.8. The minimum Gasteiger partial charge on any atom is -0.488 e. The van der Waals surface area contributed by atoms with Gasteiger partial charge in [-0.15, -0.1) is 0 Å². The minimum absolute atomic E-state index is 0.204. The van der Waals surface area contributed by atoms with Gasteiger partial charge in [0.05, 0.1) is 5.69 Å². The number of aryl methyl sites for hydroxylation is 1. The monoisotopic (exact) mass is 350 g/mol. The third-order valence-electron chi connectivity index (χ3n) is 4.62. The summed E-state index contributed by atoms with van der Waals surface area (Å²) in [5, 5.41) is 4.08. The summed E-state index contributed by atoms with van der Waals surface area (Å²) in [6, 6.07) is 9.82. The number of rotatable bonds is 5.